The van der Waals surface area contributed by atoms with Crippen LogP contribution in [0.25, 0.3) is 0 Å². The number of thioether (sulfide) groups is 1. The summed E-state index contributed by atoms with van der Waals surface area (Å²) < 4.78 is 15.1. The van der Waals surface area contributed by atoms with Gasteiger partial charge in [0.05, 0.1) is 20.3 Å². The summed E-state index contributed by atoms with van der Waals surface area (Å²) in [5, 5.41) is 5.06. The normalized spacial score (nSPS) is 11.2. The van der Waals surface area contributed by atoms with Crippen molar-refractivity contribution in [2.75, 3.05) is 38.2 Å². The molecule has 0 radical (unpaired) electrons. The second-order valence-corrected chi connectivity index (χ2v) is 7.09. The molecular formula is C20H24N4O6S. The van der Waals surface area contributed by atoms with Crippen molar-refractivity contribution < 1.29 is 28.6 Å². The van der Waals surface area contributed by atoms with Gasteiger partial charge >= 0.3 is 5.97 Å². The highest BCUT2D eigenvalue weighted by Gasteiger charge is 2.23. The molecule has 2 amide bonds. The van der Waals surface area contributed by atoms with Crippen LogP contribution in [0.4, 0.5) is 5.95 Å². The maximum absolute atomic E-state index is 12.5. The van der Waals surface area contributed by atoms with Crippen molar-refractivity contribution in [2.24, 2.45) is 0 Å². The van der Waals surface area contributed by atoms with Crippen molar-refractivity contribution >= 4 is 35.5 Å². The fourth-order valence-electron chi connectivity index (χ4n) is 2.38. The highest BCUT2D eigenvalue weighted by molar-refractivity contribution is 7.98. The number of nitrogens with one attached hydrogen (secondary N) is 2. The minimum atomic E-state index is -0.888. The molecule has 1 aromatic heterocycles. The fraction of sp³-hybridized carbons (Fsp3) is 0.350. The number of rotatable bonds is 11. The van der Waals surface area contributed by atoms with Crippen LogP contribution in [0, 0.1) is 0 Å². The average molecular weight is 449 g/mol. The number of amides is 2. The lowest BCUT2D eigenvalue weighted by Crippen LogP contribution is -2.43. The number of aromatic nitrogens is 2. The lowest BCUT2D eigenvalue weighted by molar-refractivity contribution is -0.149. The van der Waals surface area contributed by atoms with Gasteiger partial charge in [-0.25, -0.2) is 4.79 Å². The first-order chi connectivity index (χ1) is 15.0. The molecule has 1 heterocycles. The topological polar surface area (TPSA) is 129 Å². The molecule has 1 aromatic carbocycles. The van der Waals surface area contributed by atoms with E-state index in [1.165, 1.54) is 32.0 Å². The number of carbonyl (C=O) groups is 3. The fourth-order valence-corrected chi connectivity index (χ4v) is 2.85. The van der Waals surface area contributed by atoms with Crippen molar-refractivity contribution in [1.82, 2.24) is 15.3 Å². The summed E-state index contributed by atoms with van der Waals surface area (Å²) in [6.07, 6.45) is 2.24. The van der Waals surface area contributed by atoms with Gasteiger partial charge < -0.3 is 19.5 Å². The van der Waals surface area contributed by atoms with Crippen LogP contribution in [0.3, 0.4) is 0 Å². The molecule has 0 unspecified atom stereocenters. The van der Waals surface area contributed by atoms with E-state index >= 15 is 0 Å². The second kappa shape index (κ2) is 12.4. The third kappa shape index (κ3) is 7.78. The minimum absolute atomic E-state index is 0.0615. The third-order valence-electron chi connectivity index (χ3n) is 3.93. The Bertz CT molecular complexity index is 874. The summed E-state index contributed by atoms with van der Waals surface area (Å²) >= 11 is 1.52. The smallest absolute Gasteiger partial charge is 0.329 e. The minimum Gasteiger partial charge on any atom is -0.481 e. The van der Waals surface area contributed by atoms with E-state index in [-0.39, 0.29) is 17.7 Å². The molecule has 2 aromatic rings. The van der Waals surface area contributed by atoms with E-state index in [9.17, 15) is 14.4 Å². The lowest BCUT2D eigenvalue weighted by Gasteiger charge is -2.17. The number of benzene rings is 1. The van der Waals surface area contributed by atoms with Gasteiger partial charge in [-0.1, -0.05) is 18.2 Å². The monoisotopic (exact) mass is 448 g/mol. The van der Waals surface area contributed by atoms with Gasteiger partial charge in [-0.05, 0) is 30.6 Å². The van der Waals surface area contributed by atoms with Crippen LogP contribution in [0.5, 0.6) is 11.8 Å². The van der Waals surface area contributed by atoms with Crippen LogP contribution in [0.15, 0.2) is 36.4 Å². The van der Waals surface area contributed by atoms with Crippen molar-refractivity contribution in [3.8, 4) is 11.8 Å². The average Bonchev–Trinajstić information content (AvgIpc) is 2.80. The molecule has 10 nitrogen and oxygen atoms in total. The molecule has 11 heteroatoms. The summed E-state index contributed by atoms with van der Waals surface area (Å²) in [5.41, 5.74) is 0.423. The van der Waals surface area contributed by atoms with E-state index in [4.69, 9.17) is 14.2 Å². The second-order valence-electron chi connectivity index (χ2n) is 6.11. The van der Waals surface area contributed by atoms with Crippen molar-refractivity contribution in [1.29, 1.82) is 0 Å². The first-order valence-corrected chi connectivity index (χ1v) is 10.6. The Balaban J connectivity index is 1.95. The van der Waals surface area contributed by atoms with Gasteiger partial charge in [0.25, 0.3) is 11.8 Å². The first kappa shape index (κ1) is 23.9. The molecule has 0 aliphatic carbocycles. The molecule has 0 saturated heterocycles. The Morgan fingerprint density at radius 2 is 1.71 bits per heavy atom. The van der Waals surface area contributed by atoms with Crippen molar-refractivity contribution in [2.45, 2.75) is 12.5 Å². The summed E-state index contributed by atoms with van der Waals surface area (Å²) in [6.45, 7) is -0.571. The lowest BCUT2D eigenvalue weighted by atomic mass is 10.1. The molecule has 31 heavy (non-hydrogen) atoms. The molecule has 2 N–H and O–H groups in total. The Hall–Kier alpha value is -3.34. The van der Waals surface area contributed by atoms with E-state index in [1.54, 1.807) is 30.3 Å². The van der Waals surface area contributed by atoms with E-state index < -0.39 is 30.4 Å². The Morgan fingerprint density at radius 3 is 2.29 bits per heavy atom. The number of nitrogens with zero attached hydrogens (tertiary/aromatic N) is 2. The molecular weight excluding hydrogens is 424 g/mol. The van der Waals surface area contributed by atoms with Crippen LogP contribution in [0.1, 0.15) is 16.8 Å². The molecule has 0 aliphatic heterocycles. The number of anilines is 1. The maximum atomic E-state index is 12.5. The number of ether oxygens (including phenoxy) is 3. The highest BCUT2D eigenvalue weighted by atomic mass is 32.2. The quantitative estimate of drug-likeness (QED) is 0.492. The number of carbonyl (C=O) groups excluding carboxylic acids is 3. The summed E-state index contributed by atoms with van der Waals surface area (Å²) in [4.78, 5) is 44.9. The molecule has 2 rings (SSSR count). The zero-order valence-electron chi connectivity index (χ0n) is 17.4. The van der Waals surface area contributed by atoms with Gasteiger partial charge in [-0.15, -0.1) is 0 Å². The van der Waals surface area contributed by atoms with E-state index in [0.717, 1.165) is 0 Å². The third-order valence-corrected chi connectivity index (χ3v) is 4.57. The number of esters is 1. The van der Waals surface area contributed by atoms with Gasteiger partial charge in [0, 0.05) is 5.56 Å². The SMILES string of the molecule is COc1cc(OC)nc(NC(=O)COC(=O)[C@@H](CCSC)NC(=O)c2ccccc2)n1. The summed E-state index contributed by atoms with van der Waals surface area (Å²) in [7, 11) is 2.82. The van der Waals surface area contributed by atoms with Crippen LogP contribution in [-0.4, -0.2) is 66.6 Å². The zero-order valence-corrected chi connectivity index (χ0v) is 18.2. The molecule has 166 valence electrons. The van der Waals surface area contributed by atoms with E-state index in [1.807, 2.05) is 6.26 Å². The van der Waals surface area contributed by atoms with Crippen molar-refractivity contribution in [3.05, 3.63) is 42.0 Å². The van der Waals surface area contributed by atoms with Crippen LogP contribution in [0.2, 0.25) is 0 Å². The highest BCUT2D eigenvalue weighted by Crippen LogP contribution is 2.17. The van der Waals surface area contributed by atoms with E-state index in [2.05, 4.69) is 20.6 Å². The van der Waals surface area contributed by atoms with Gasteiger partial charge in [-0.2, -0.15) is 21.7 Å². The molecule has 0 fully saturated rings. The summed E-state index contributed by atoms with van der Waals surface area (Å²) in [6, 6.07) is 9.08. The van der Waals surface area contributed by atoms with Crippen LogP contribution in [-0.2, 0) is 14.3 Å². The zero-order chi connectivity index (χ0) is 22.6. The van der Waals surface area contributed by atoms with Gasteiger partial charge in [0.1, 0.15) is 6.04 Å². The molecule has 0 aliphatic rings. The number of hydrogen-bond donors (Lipinski definition) is 2. The Morgan fingerprint density at radius 1 is 1.06 bits per heavy atom. The largest absolute Gasteiger partial charge is 0.481 e. The molecule has 0 saturated carbocycles. The van der Waals surface area contributed by atoms with Gasteiger partial charge in [0.2, 0.25) is 17.7 Å². The maximum Gasteiger partial charge on any atom is 0.329 e. The predicted octanol–water partition coefficient (Wildman–Crippen LogP) is 1.53. The predicted molar refractivity (Wildman–Crippen MR) is 115 cm³/mol. The number of hydrogen-bond acceptors (Lipinski definition) is 9. The summed E-state index contributed by atoms with van der Waals surface area (Å²) in [5.74, 6) is -0.809. The van der Waals surface area contributed by atoms with Crippen molar-refractivity contribution in [3.63, 3.8) is 0 Å². The molecule has 0 spiro atoms. The Labute approximate surface area is 184 Å². The molecule has 1 atom stereocenters. The van der Waals surface area contributed by atoms with Crippen LogP contribution < -0.4 is 20.1 Å². The number of methoxy groups -OCH3 is 2. The Kier molecular flexibility index (Phi) is 9.56. The van der Waals surface area contributed by atoms with Gasteiger partial charge in [0.15, 0.2) is 6.61 Å². The van der Waals surface area contributed by atoms with Crippen LogP contribution >= 0.6 is 11.8 Å². The first-order valence-electron chi connectivity index (χ1n) is 9.25. The van der Waals surface area contributed by atoms with Gasteiger partial charge in [-0.3, -0.25) is 14.9 Å². The molecule has 0 bridgehead atoms. The van der Waals surface area contributed by atoms with E-state index in [0.29, 0.717) is 17.7 Å². The standard InChI is InChI=1S/C20H24N4O6S/c1-28-16-11-17(29-2)24-20(23-16)22-15(25)12-30-19(27)14(9-10-31-3)21-18(26)13-7-5-4-6-8-13/h4-8,11,14H,9-10,12H2,1-3H3,(H,21,26)(H,22,23,24,25)/t14-/m1/s1.